The van der Waals surface area contributed by atoms with Crippen LogP contribution in [-0.2, 0) is 11.3 Å². The van der Waals surface area contributed by atoms with E-state index in [0.717, 1.165) is 38.0 Å². The number of nitrogens with two attached hydrogens (primary N) is 1. The first-order valence-corrected chi connectivity index (χ1v) is 7.07. The van der Waals surface area contributed by atoms with Gasteiger partial charge in [-0.2, -0.15) is 0 Å². The second kappa shape index (κ2) is 7.35. The maximum absolute atomic E-state index is 10.7. The van der Waals surface area contributed by atoms with Gasteiger partial charge >= 0.3 is 0 Å². The molecule has 1 heterocycles. The molecule has 116 valence electrons. The number of nitro groups is 1. The molecule has 0 radical (unpaired) electrons. The molecule has 21 heavy (non-hydrogen) atoms. The van der Waals surface area contributed by atoms with Gasteiger partial charge in [-0.15, -0.1) is 0 Å². The monoisotopic (exact) mass is 295 g/mol. The van der Waals surface area contributed by atoms with E-state index in [1.54, 1.807) is 12.1 Å². The van der Waals surface area contributed by atoms with E-state index in [9.17, 15) is 10.1 Å². The third-order valence-electron chi connectivity index (χ3n) is 3.67. The molecular weight excluding hydrogens is 274 g/mol. The van der Waals surface area contributed by atoms with Crippen molar-refractivity contribution in [1.29, 1.82) is 0 Å². The molecule has 7 heteroatoms. The van der Waals surface area contributed by atoms with Crippen molar-refractivity contribution < 1.29 is 14.8 Å². The minimum absolute atomic E-state index is 0.0464. The highest BCUT2D eigenvalue weighted by molar-refractivity contribution is 5.59. The molecule has 2 rings (SSSR count). The number of rotatable bonds is 6. The van der Waals surface area contributed by atoms with Crippen LogP contribution in [0.5, 0.6) is 0 Å². The van der Waals surface area contributed by atoms with Crippen molar-refractivity contribution in [3.05, 3.63) is 33.9 Å². The summed E-state index contributed by atoms with van der Waals surface area (Å²) in [5, 5.41) is 19.5. The van der Waals surface area contributed by atoms with E-state index in [4.69, 9.17) is 15.6 Å². The number of likely N-dealkylation sites (tertiary alicyclic amines) is 1. The van der Waals surface area contributed by atoms with Crippen molar-refractivity contribution in [2.75, 3.05) is 32.0 Å². The number of nitrogens with zero attached hydrogens (tertiary/aromatic N) is 2. The van der Waals surface area contributed by atoms with Gasteiger partial charge in [-0.05, 0) is 24.5 Å². The smallest absolute Gasteiger partial charge is 0.292 e. The summed E-state index contributed by atoms with van der Waals surface area (Å²) < 4.78 is 5.52. The van der Waals surface area contributed by atoms with Crippen molar-refractivity contribution in [3.63, 3.8) is 0 Å². The molecule has 0 unspecified atom stereocenters. The largest absolute Gasteiger partial charge is 0.394 e. The highest BCUT2D eigenvalue weighted by Crippen LogP contribution is 2.23. The SMILES string of the molecule is Nc1cc(CN2CCC(OCCO)CC2)ccc1[N+](=O)[O-]. The number of piperidine rings is 1. The first-order valence-electron chi connectivity index (χ1n) is 7.07. The predicted octanol–water partition coefficient (Wildman–Crippen LogP) is 1.15. The summed E-state index contributed by atoms with van der Waals surface area (Å²) in [6, 6.07) is 4.89. The Balaban J connectivity index is 1.86. The molecule has 1 saturated heterocycles. The first kappa shape index (κ1) is 15.7. The van der Waals surface area contributed by atoms with Crippen molar-refractivity contribution in [1.82, 2.24) is 4.90 Å². The maximum Gasteiger partial charge on any atom is 0.292 e. The quantitative estimate of drug-likeness (QED) is 0.464. The Kier molecular flexibility index (Phi) is 5.49. The summed E-state index contributed by atoms with van der Waals surface area (Å²) >= 11 is 0. The van der Waals surface area contributed by atoms with E-state index >= 15 is 0 Å². The molecule has 1 aliphatic rings. The summed E-state index contributed by atoms with van der Waals surface area (Å²) in [7, 11) is 0. The maximum atomic E-state index is 10.7. The van der Waals surface area contributed by atoms with Crippen molar-refractivity contribution >= 4 is 11.4 Å². The number of ether oxygens (including phenoxy) is 1. The third kappa shape index (κ3) is 4.38. The van der Waals surface area contributed by atoms with Crippen LogP contribution in [0.1, 0.15) is 18.4 Å². The number of nitro benzene ring substituents is 1. The molecule has 0 saturated carbocycles. The molecule has 3 N–H and O–H groups in total. The van der Waals surface area contributed by atoms with Gasteiger partial charge in [0.2, 0.25) is 0 Å². The van der Waals surface area contributed by atoms with Crippen LogP contribution in [-0.4, -0.2) is 47.3 Å². The number of anilines is 1. The molecule has 1 fully saturated rings. The van der Waals surface area contributed by atoms with Crippen LogP contribution in [0.15, 0.2) is 18.2 Å². The van der Waals surface area contributed by atoms with Gasteiger partial charge in [-0.25, -0.2) is 0 Å². The summed E-state index contributed by atoms with van der Waals surface area (Å²) in [5.41, 5.74) is 6.84. The van der Waals surface area contributed by atoms with Crippen LogP contribution >= 0.6 is 0 Å². The second-order valence-corrected chi connectivity index (χ2v) is 5.22. The Bertz CT molecular complexity index is 487. The summed E-state index contributed by atoms with van der Waals surface area (Å²) in [5.74, 6) is 0. The van der Waals surface area contributed by atoms with Gasteiger partial charge in [0.05, 0.1) is 24.2 Å². The second-order valence-electron chi connectivity index (χ2n) is 5.22. The van der Waals surface area contributed by atoms with E-state index < -0.39 is 4.92 Å². The van der Waals surface area contributed by atoms with E-state index in [2.05, 4.69) is 4.90 Å². The molecule has 0 amide bonds. The lowest BCUT2D eigenvalue weighted by Crippen LogP contribution is -2.36. The Hall–Kier alpha value is -1.70. The van der Waals surface area contributed by atoms with Gasteiger partial charge in [0.1, 0.15) is 5.69 Å². The number of benzene rings is 1. The molecule has 1 aromatic rings. The van der Waals surface area contributed by atoms with Gasteiger partial charge < -0.3 is 15.6 Å². The van der Waals surface area contributed by atoms with Crippen molar-refractivity contribution in [2.45, 2.75) is 25.5 Å². The molecule has 1 aliphatic heterocycles. The minimum Gasteiger partial charge on any atom is -0.394 e. The standard InChI is InChI=1S/C14H21N3O4/c15-13-9-11(1-2-14(13)17(19)20)10-16-5-3-12(4-6-16)21-8-7-18/h1-2,9,12,18H,3-8,10,15H2. The molecular formula is C14H21N3O4. The van der Waals surface area contributed by atoms with Gasteiger partial charge in [0, 0.05) is 25.7 Å². The van der Waals surface area contributed by atoms with Crippen molar-refractivity contribution in [3.8, 4) is 0 Å². The Labute approximate surface area is 123 Å². The molecule has 1 aromatic carbocycles. The van der Waals surface area contributed by atoms with Crippen molar-refractivity contribution in [2.24, 2.45) is 0 Å². The van der Waals surface area contributed by atoms with Crippen LogP contribution in [0.4, 0.5) is 11.4 Å². The number of aliphatic hydroxyl groups is 1. The summed E-state index contributed by atoms with van der Waals surface area (Å²) in [6.45, 7) is 3.00. The van der Waals surface area contributed by atoms with E-state index in [1.807, 2.05) is 0 Å². The van der Waals surface area contributed by atoms with Gasteiger partial charge in [0.15, 0.2) is 0 Å². The fourth-order valence-electron chi connectivity index (χ4n) is 2.58. The fraction of sp³-hybridized carbons (Fsp3) is 0.571. The number of nitrogen functional groups attached to an aromatic ring is 1. The number of hydrogen-bond donors (Lipinski definition) is 2. The van der Waals surface area contributed by atoms with E-state index in [1.165, 1.54) is 6.07 Å². The van der Waals surface area contributed by atoms with E-state index in [-0.39, 0.29) is 24.1 Å². The zero-order valence-electron chi connectivity index (χ0n) is 11.9. The van der Waals surface area contributed by atoms with E-state index in [0.29, 0.717) is 6.61 Å². The number of aliphatic hydroxyl groups excluding tert-OH is 1. The van der Waals surface area contributed by atoms with Crippen LogP contribution in [0, 0.1) is 10.1 Å². The lowest BCUT2D eigenvalue weighted by molar-refractivity contribution is -0.383. The van der Waals surface area contributed by atoms with Crippen LogP contribution in [0.25, 0.3) is 0 Å². The zero-order valence-corrected chi connectivity index (χ0v) is 11.9. The molecule has 7 nitrogen and oxygen atoms in total. The van der Waals surface area contributed by atoms with Gasteiger partial charge in [-0.3, -0.25) is 15.0 Å². The molecule has 0 atom stereocenters. The molecule has 0 spiro atoms. The highest BCUT2D eigenvalue weighted by Gasteiger charge is 2.20. The Morgan fingerprint density at radius 1 is 1.43 bits per heavy atom. The average Bonchev–Trinajstić information content (AvgIpc) is 2.46. The fourth-order valence-corrected chi connectivity index (χ4v) is 2.58. The topological polar surface area (TPSA) is 102 Å². The third-order valence-corrected chi connectivity index (χ3v) is 3.67. The summed E-state index contributed by atoms with van der Waals surface area (Å²) in [4.78, 5) is 12.5. The first-order chi connectivity index (χ1) is 10.1. The Morgan fingerprint density at radius 3 is 2.71 bits per heavy atom. The normalized spacial score (nSPS) is 17.0. The molecule has 0 aromatic heterocycles. The average molecular weight is 295 g/mol. The van der Waals surface area contributed by atoms with Crippen LogP contribution in [0.2, 0.25) is 0 Å². The lowest BCUT2D eigenvalue weighted by Gasteiger charge is -2.31. The summed E-state index contributed by atoms with van der Waals surface area (Å²) in [6.07, 6.45) is 2.08. The molecule has 0 aliphatic carbocycles. The van der Waals surface area contributed by atoms with Crippen LogP contribution < -0.4 is 5.73 Å². The molecule has 0 bridgehead atoms. The lowest BCUT2D eigenvalue weighted by atomic mass is 10.1. The zero-order chi connectivity index (χ0) is 15.2. The van der Waals surface area contributed by atoms with Crippen LogP contribution in [0.3, 0.4) is 0 Å². The minimum atomic E-state index is -0.469. The number of hydrogen-bond acceptors (Lipinski definition) is 6. The van der Waals surface area contributed by atoms with Gasteiger partial charge in [-0.1, -0.05) is 6.07 Å². The van der Waals surface area contributed by atoms with Gasteiger partial charge in [0.25, 0.3) is 5.69 Å². The highest BCUT2D eigenvalue weighted by atomic mass is 16.6. The predicted molar refractivity (Wildman–Crippen MR) is 78.8 cm³/mol. The Morgan fingerprint density at radius 2 is 2.14 bits per heavy atom.